The maximum atomic E-state index is 15.5. The van der Waals surface area contributed by atoms with Gasteiger partial charge in [-0.1, -0.05) is 11.6 Å². The summed E-state index contributed by atoms with van der Waals surface area (Å²) in [5.74, 6) is -0.933. The SMILES string of the molecule is COCCCOc1cc(C(=O)N(C(C)C)[C@@H]2CCCN(C(=O)OC(C)(C)C)C2)c(Cl)cc1-c1cc(C(=O)N2CCC(O)CC2)ccc1F. The molecule has 0 radical (unpaired) electrons. The highest BCUT2D eigenvalue weighted by atomic mass is 35.5. The average Bonchev–Trinajstić information content (AvgIpc) is 3.03. The molecule has 48 heavy (non-hydrogen) atoms. The van der Waals surface area contributed by atoms with Crippen molar-refractivity contribution in [3.8, 4) is 16.9 Å². The molecule has 0 aromatic heterocycles. The van der Waals surface area contributed by atoms with Crippen LogP contribution in [-0.4, -0.2) is 108 Å². The van der Waals surface area contributed by atoms with E-state index in [1.54, 1.807) is 21.8 Å². The van der Waals surface area contributed by atoms with Gasteiger partial charge in [-0.15, -0.1) is 0 Å². The fourth-order valence-electron chi connectivity index (χ4n) is 6.18. The van der Waals surface area contributed by atoms with Crippen molar-refractivity contribution in [2.75, 3.05) is 46.5 Å². The van der Waals surface area contributed by atoms with Gasteiger partial charge in [0.05, 0.1) is 29.3 Å². The van der Waals surface area contributed by atoms with Crippen LogP contribution in [0.15, 0.2) is 30.3 Å². The summed E-state index contributed by atoms with van der Waals surface area (Å²) in [5.41, 5.74) is 0.254. The van der Waals surface area contributed by atoms with Crippen LogP contribution in [0.5, 0.6) is 5.75 Å². The number of likely N-dealkylation sites (tertiary alicyclic amines) is 2. The van der Waals surface area contributed by atoms with Crippen LogP contribution in [0.2, 0.25) is 5.02 Å². The second-order valence-corrected chi connectivity index (χ2v) is 14.2. The van der Waals surface area contributed by atoms with Crippen molar-refractivity contribution in [1.29, 1.82) is 0 Å². The number of aliphatic hydroxyl groups excluding tert-OH is 1. The van der Waals surface area contributed by atoms with Crippen LogP contribution < -0.4 is 4.74 Å². The summed E-state index contributed by atoms with van der Waals surface area (Å²) in [7, 11) is 1.58. The van der Waals surface area contributed by atoms with Crippen molar-refractivity contribution < 1.29 is 38.1 Å². The second-order valence-electron chi connectivity index (χ2n) is 13.8. The highest BCUT2D eigenvalue weighted by Crippen LogP contribution is 2.38. The van der Waals surface area contributed by atoms with Gasteiger partial charge in [-0.25, -0.2) is 9.18 Å². The lowest BCUT2D eigenvalue weighted by Crippen LogP contribution is -2.54. The van der Waals surface area contributed by atoms with Crippen LogP contribution in [0.1, 0.15) is 87.4 Å². The molecule has 2 aliphatic heterocycles. The number of hydrogen-bond donors (Lipinski definition) is 1. The zero-order valence-electron chi connectivity index (χ0n) is 28.9. The Bertz CT molecular complexity index is 1460. The Hall–Kier alpha value is -3.41. The summed E-state index contributed by atoms with van der Waals surface area (Å²) in [5, 5.41) is 9.97. The lowest BCUT2D eigenvalue weighted by molar-refractivity contribution is 0.00751. The van der Waals surface area contributed by atoms with Crippen LogP contribution in [0.25, 0.3) is 11.1 Å². The number of carbonyl (C=O) groups is 3. The number of methoxy groups -OCH3 is 1. The number of hydrogen-bond acceptors (Lipinski definition) is 7. The van der Waals surface area contributed by atoms with E-state index < -0.39 is 23.6 Å². The maximum absolute atomic E-state index is 15.5. The van der Waals surface area contributed by atoms with Crippen molar-refractivity contribution in [3.05, 3.63) is 52.3 Å². The van der Waals surface area contributed by atoms with Gasteiger partial charge in [0, 0.05) is 69.0 Å². The number of nitrogens with zero attached hydrogens (tertiary/aromatic N) is 3. The monoisotopic (exact) mass is 689 g/mol. The Morgan fingerprint density at radius 2 is 1.73 bits per heavy atom. The molecule has 2 aromatic carbocycles. The lowest BCUT2D eigenvalue weighted by atomic mass is 9.97. The zero-order valence-corrected chi connectivity index (χ0v) is 29.6. The van der Waals surface area contributed by atoms with Gasteiger partial charge in [0.2, 0.25) is 0 Å². The number of aliphatic hydroxyl groups is 1. The van der Waals surface area contributed by atoms with Gasteiger partial charge in [0.25, 0.3) is 11.8 Å². The third-order valence-electron chi connectivity index (χ3n) is 8.54. The van der Waals surface area contributed by atoms with Gasteiger partial charge in [0.1, 0.15) is 17.2 Å². The van der Waals surface area contributed by atoms with E-state index in [0.717, 1.165) is 0 Å². The predicted octanol–water partition coefficient (Wildman–Crippen LogP) is 6.41. The molecule has 12 heteroatoms. The van der Waals surface area contributed by atoms with Gasteiger partial charge < -0.3 is 34.0 Å². The maximum Gasteiger partial charge on any atom is 0.410 e. The third-order valence-corrected chi connectivity index (χ3v) is 8.85. The van der Waals surface area contributed by atoms with Gasteiger partial charge in [-0.3, -0.25) is 9.59 Å². The normalized spacial score (nSPS) is 17.4. The molecule has 2 aromatic rings. The first-order valence-corrected chi connectivity index (χ1v) is 17.1. The summed E-state index contributed by atoms with van der Waals surface area (Å²) < 4.78 is 32.4. The molecule has 0 bridgehead atoms. The number of ether oxygens (including phenoxy) is 3. The number of carbonyl (C=O) groups excluding carboxylic acids is 3. The van der Waals surface area contributed by atoms with Gasteiger partial charge in [-0.2, -0.15) is 0 Å². The Kier molecular flexibility index (Phi) is 12.7. The molecule has 0 spiro atoms. The molecule has 0 saturated carbocycles. The Morgan fingerprint density at radius 1 is 1.02 bits per heavy atom. The molecule has 1 atom stereocenters. The molecule has 264 valence electrons. The Morgan fingerprint density at radius 3 is 2.38 bits per heavy atom. The van der Waals surface area contributed by atoms with Gasteiger partial charge in [-0.05, 0) is 90.6 Å². The Balaban J connectivity index is 1.68. The number of piperidine rings is 2. The van der Waals surface area contributed by atoms with E-state index in [1.165, 1.54) is 30.3 Å². The van der Waals surface area contributed by atoms with Gasteiger partial charge >= 0.3 is 6.09 Å². The Labute approximate surface area is 288 Å². The molecule has 2 saturated heterocycles. The molecular formula is C36H49ClFN3O7. The van der Waals surface area contributed by atoms with Crippen molar-refractivity contribution in [3.63, 3.8) is 0 Å². The first-order chi connectivity index (χ1) is 22.7. The van der Waals surface area contributed by atoms with E-state index >= 15 is 4.39 Å². The summed E-state index contributed by atoms with van der Waals surface area (Å²) in [6.07, 6.45) is 2.06. The van der Waals surface area contributed by atoms with Crippen molar-refractivity contribution in [2.24, 2.45) is 0 Å². The van der Waals surface area contributed by atoms with E-state index in [9.17, 15) is 19.5 Å². The van der Waals surface area contributed by atoms with Crippen LogP contribution in [0.3, 0.4) is 0 Å². The quantitative estimate of drug-likeness (QED) is 0.287. The zero-order chi connectivity index (χ0) is 35.2. The van der Waals surface area contributed by atoms with Crippen molar-refractivity contribution in [2.45, 2.75) is 90.5 Å². The third kappa shape index (κ3) is 9.39. The minimum absolute atomic E-state index is 0.103. The number of halogens is 2. The highest BCUT2D eigenvalue weighted by molar-refractivity contribution is 6.34. The average molecular weight is 690 g/mol. The molecule has 0 unspecified atom stereocenters. The largest absolute Gasteiger partial charge is 0.493 e. The van der Waals surface area contributed by atoms with Crippen LogP contribution >= 0.6 is 11.6 Å². The molecule has 3 amide bonds. The fraction of sp³-hybridized carbons (Fsp3) is 0.583. The summed E-state index contributed by atoms with van der Waals surface area (Å²) >= 11 is 6.83. The van der Waals surface area contributed by atoms with Gasteiger partial charge in [0.15, 0.2) is 0 Å². The van der Waals surface area contributed by atoms with Crippen molar-refractivity contribution >= 4 is 29.5 Å². The molecule has 2 fully saturated rings. The van der Waals surface area contributed by atoms with E-state index in [1.807, 2.05) is 34.6 Å². The van der Waals surface area contributed by atoms with Crippen LogP contribution in [0.4, 0.5) is 9.18 Å². The summed E-state index contributed by atoms with van der Waals surface area (Å²) in [6, 6.07) is 6.70. The number of rotatable bonds is 10. The lowest BCUT2D eigenvalue weighted by Gasteiger charge is -2.41. The molecule has 0 aliphatic carbocycles. The molecule has 10 nitrogen and oxygen atoms in total. The predicted molar refractivity (Wildman–Crippen MR) is 182 cm³/mol. The molecular weight excluding hydrogens is 641 g/mol. The fourth-order valence-corrected chi connectivity index (χ4v) is 6.43. The molecule has 2 heterocycles. The minimum Gasteiger partial charge on any atom is -0.493 e. The summed E-state index contributed by atoms with van der Waals surface area (Å²) in [6.45, 7) is 11.6. The molecule has 1 N–H and O–H groups in total. The summed E-state index contributed by atoms with van der Waals surface area (Å²) in [4.78, 5) is 45.5. The number of benzene rings is 2. The van der Waals surface area contributed by atoms with E-state index in [2.05, 4.69) is 0 Å². The molecule has 2 aliphatic rings. The minimum atomic E-state index is -0.643. The van der Waals surface area contributed by atoms with E-state index in [4.69, 9.17) is 25.8 Å². The van der Waals surface area contributed by atoms with E-state index in [-0.39, 0.29) is 52.4 Å². The first-order valence-electron chi connectivity index (χ1n) is 16.7. The van der Waals surface area contributed by atoms with Crippen LogP contribution in [0, 0.1) is 5.82 Å². The topological polar surface area (TPSA) is 109 Å². The van der Waals surface area contributed by atoms with Crippen molar-refractivity contribution in [1.82, 2.24) is 14.7 Å². The highest BCUT2D eigenvalue weighted by Gasteiger charge is 2.35. The molecule has 4 rings (SSSR count). The first kappa shape index (κ1) is 37.4. The smallest absolute Gasteiger partial charge is 0.410 e. The number of amides is 3. The van der Waals surface area contributed by atoms with Crippen LogP contribution in [-0.2, 0) is 9.47 Å². The van der Waals surface area contributed by atoms with E-state index in [0.29, 0.717) is 76.0 Å². The standard InChI is InChI=1S/C36H49ClFN3O7/c1-23(2)41(25-9-7-14-40(22-25)35(45)48-36(3,4)5)34(44)29-21-32(47-18-8-17-46-6)28(20-30(29)37)27-19-24(10-11-31(27)38)33(43)39-15-12-26(42)13-16-39/h10-11,19-21,23,25-26,42H,7-9,12-18,22H2,1-6H3/t25-/m1/s1. The second kappa shape index (κ2) is 16.3.